The summed E-state index contributed by atoms with van der Waals surface area (Å²) < 4.78 is 7.36. The average molecular weight is 408 g/mol. The molecule has 1 N–H and O–H groups in total. The molecule has 2 fully saturated rings. The van der Waals surface area contributed by atoms with Crippen LogP contribution in [-0.2, 0) is 16.1 Å². The molecule has 0 radical (unpaired) electrons. The van der Waals surface area contributed by atoms with E-state index in [9.17, 15) is 9.59 Å². The number of nitrogens with one attached hydrogen (secondary N) is 1. The number of carbonyl (C=O) groups excluding carboxylic acids is 1. The van der Waals surface area contributed by atoms with Gasteiger partial charge >= 0.3 is 0 Å². The lowest BCUT2D eigenvalue weighted by atomic mass is 10.2. The minimum absolute atomic E-state index is 0.00389. The quantitative estimate of drug-likeness (QED) is 0.588. The van der Waals surface area contributed by atoms with Gasteiger partial charge in [0.25, 0.3) is 5.56 Å². The van der Waals surface area contributed by atoms with E-state index in [1.165, 1.54) is 11.8 Å². The van der Waals surface area contributed by atoms with Gasteiger partial charge in [0.05, 0.1) is 28.8 Å². The Kier molecular flexibility index (Phi) is 5.43. The van der Waals surface area contributed by atoms with E-state index >= 15 is 0 Å². The number of aromatic nitrogens is 2. The molecule has 2 aliphatic rings. The van der Waals surface area contributed by atoms with Gasteiger partial charge in [-0.3, -0.25) is 14.2 Å². The number of hydrogen-bond acceptors (Lipinski definition) is 5. The summed E-state index contributed by atoms with van der Waals surface area (Å²) in [4.78, 5) is 30.1. The van der Waals surface area contributed by atoms with Gasteiger partial charge in [-0.25, -0.2) is 4.98 Å². The van der Waals surface area contributed by atoms with Gasteiger partial charge in [-0.15, -0.1) is 0 Å². The standard InChI is InChI=1S/C19H22ClN3O3S/c1-11(17(24)21-13-5-6-13)27-19-22-16-9-12(20)4-7-15(16)18(25)23(19)10-14-3-2-8-26-14/h4,7,9,11,13-14H,2-3,5-6,8,10H2,1H3,(H,21,24)/t11-,14-/m0/s1. The highest BCUT2D eigenvalue weighted by molar-refractivity contribution is 8.00. The number of thioether (sulfide) groups is 1. The molecule has 1 aliphatic carbocycles. The van der Waals surface area contributed by atoms with Crippen LogP contribution in [0.15, 0.2) is 28.2 Å². The zero-order valence-corrected chi connectivity index (χ0v) is 16.7. The Morgan fingerprint density at radius 3 is 2.96 bits per heavy atom. The van der Waals surface area contributed by atoms with Gasteiger partial charge in [-0.1, -0.05) is 23.4 Å². The van der Waals surface area contributed by atoms with Crippen LogP contribution in [0, 0.1) is 0 Å². The minimum Gasteiger partial charge on any atom is -0.376 e. The average Bonchev–Trinajstić information content (AvgIpc) is 3.29. The SMILES string of the molecule is C[C@H](Sc1nc2cc(Cl)ccc2c(=O)n1C[C@@H]1CCCO1)C(=O)NC1CC1. The van der Waals surface area contributed by atoms with Crippen molar-refractivity contribution in [1.29, 1.82) is 0 Å². The molecule has 0 unspecified atom stereocenters. The Labute approximate surface area is 166 Å². The lowest BCUT2D eigenvalue weighted by Gasteiger charge is -2.18. The number of halogens is 1. The molecule has 1 aliphatic heterocycles. The van der Waals surface area contributed by atoms with Gasteiger partial charge in [-0.2, -0.15) is 0 Å². The van der Waals surface area contributed by atoms with Gasteiger partial charge in [0, 0.05) is 17.7 Å². The molecule has 4 rings (SSSR count). The lowest BCUT2D eigenvalue weighted by Crippen LogP contribution is -2.34. The normalized spacial score (nSPS) is 20.7. The number of carbonyl (C=O) groups is 1. The molecule has 0 bridgehead atoms. The summed E-state index contributed by atoms with van der Waals surface area (Å²) in [5.41, 5.74) is 0.429. The summed E-state index contributed by atoms with van der Waals surface area (Å²) in [5, 5.41) is 4.25. The zero-order valence-electron chi connectivity index (χ0n) is 15.1. The lowest BCUT2D eigenvalue weighted by molar-refractivity contribution is -0.120. The number of nitrogens with zero attached hydrogens (tertiary/aromatic N) is 2. The fourth-order valence-corrected chi connectivity index (χ4v) is 4.27. The minimum atomic E-state index is -0.343. The summed E-state index contributed by atoms with van der Waals surface area (Å²) >= 11 is 7.39. The molecule has 0 spiro atoms. The van der Waals surface area contributed by atoms with Crippen molar-refractivity contribution in [3.05, 3.63) is 33.6 Å². The Bertz CT molecular complexity index is 922. The van der Waals surface area contributed by atoms with Crippen molar-refractivity contribution < 1.29 is 9.53 Å². The van der Waals surface area contributed by atoms with Crippen molar-refractivity contribution in [2.75, 3.05) is 6.61 Å². The van der Waals surface area contributed by atoms with E-state index in [0.717, 1.165) is 32.3 Å². The van der Waals surface area contributed by atoms with Gasteiger partial charge in [0.2, 0.25) is 5.91 Å². The molecular formula is C19H22ClN3O3S. The number of rotatable bonds is 6. The van der Waals surface area contributed by atoms with Gasteiger partial charge in [-0.05, 0) is 50.8 Å². The van der Waals surface area contributed by atoms with Crippen molar-refractivity contribution in [2.24, 2.45) is 0 Å². The van der Waals surface area contributed by atoms with Crippen LogP contribution in [0.2, 0.25) is 5.02 Å². The number of fused-ring (bicyclic) bond motifs is 1. The maximum Gasteiger partial charge on any atom is 0.262 e. The van der Waals surface area contributed by atoms with Crippen molar-refractivity contribution in [2.45, 2.75) is 61.7 Å². The van der Waals surface area contributed by atoms with E-state index in [2.05, 4.69) is 10.3 Å². The summed E-state index contributed by atoms with van der Waals surface area (Å²) in [7, 11) is 0. The molecular weight excluding hydrogens is 386 g/mol. The Balaban J connectivity index is 1.68. The predicted octanol–water partition coefficient (Wildman–Crippen LogP) is 2.99. The number of ether oxygens (including phenoxy) is 1. The maximum atomic E-state index is 13.1. The Morgan fingerprint density at radius 2 is 2.26 bits per heavy atom. The third kappa shape index (κ3) is 4.31. The summed E-state index contributed by atoms with van der Waals surface area (Å²) in [6.07, 6.45) is 4.01. The fourth-order valence-electron chi connectivity index (χ4n) is 3.17. The van der Waals surface area contributed by atoms with Crippen LogP contribution in [0.25, 0.3) is 10.9 Å². The second kappa shape index (κ2) is 7.81. The van der Waals surface area contributed by atoms with Crippen molar-refractivity contribution in [1.82, 2.24) is 14.9 Å². The molecule has 144 valence electrons. The first kappa shape index (κ1) is 18.8. The Hall–Kier alpha value is -1.57. The van der Waals surface area contributed by atoms with E-state index in [-0.39, 0.29) is 22.8 Å². The van der Waals surface area contributed by atoms with Crippen LogP contribution in [0.4, 0.5) is 0 Å². The monoisotopic (exact) mass is 407 g/mol. The molecule has 1 saturated heterocycles. The van der Waals surface area contributed by atoms with Gasteiger partial charge < -0.3 is 10.1 Å². The highest BCUT2D eigenvalue weighted by Crippen LogP contribution is 2.26. The molecule has 8 heteroatoms. The van der Waals surface area contributed by atoms with Gasteiger partial charge in [0.15, 0.2) is 5.16 Å². The first-order valence-electron chi connectivity index (χ1n) is 9.30. The molecule has 6 nitrogen and oxygen atoms in total. The van der Waals surface area contributed by atoms with Crippen LogP contribution in [0.1, 0.15) is 32.6 Å². The number of hydrogen-bond donors (Lipinski definition) is 1. The van der Waals surface area contributed by atoms with Crippen LogP contribution in [0.3, 0.4) is 0 Å². The van der Waals surface area contributed by atoms with Crippen molar-refractivity contribution in [3.63, 3.8) is 0 Å². The van der Waals surface area contributed by atoms with Crippen LogP contribution >= 0.6 is 23.4 Å². The maximum absolute atomic E-state index is 13.1. The largest absolute Gasteiger partial charge is 0.376 e. The third-order valence-corrected chi connectivity index (χ3v) is 6.19. The molecule has 27 heavy (non-hydrogen) atoms. The van der Waals surface area contributed by atoms with Crippen molar-refractivity contribution >= 4 is 40.2 Å². The highest BCUT2D eigenvalue weighted by Gasteiger charge is 2.27. The second-order valence-corrected chi connectivity index (χ2v) is 8.89. The molecule has 1 saturated carbocycles. The van der Waals surface area contributed by atoms with Gasteiger partial charge in [0.1, 0.15) is 0 Å². The summed E-state index contributed by atoms with van der Waals surface area (Å²) in [5.74, 6) is -0.0217. The van der Waals surface area contributed by atoms with E-state index in [1.54, 1.807) is 22.8 Å². The smallest absolute Gasteiger partial charge is 0.262 e. The van der Waals surface area contributed by atoms with E-state index in [0.29, 0.717) is 33.7 Å². The van der Waals surface area contributed by atoms with E-state index in [1.807, 2.05) is 6.92 Å². The topological polar surface area (TPSA) is 73.2 Å². The first-order valence-corrected chi connectivity index (χ1v) is 10.6. The molecule has 1 aromatic heterocycles. The van der Waals surface area contributed by atoms with Crippen LogP contribution in [-0.4, -0.2) is 39.5 Å². The fraction of sp³-hybridized carbons (Fsp3) is 0.526. The number of amides is 1. The van der Waals surface area contributed by atoms with Crippen LogP contribution in [0.5, 0.6) is 0 Å². The molecule has 1 aromatic carbocycles. The third-order valence-electron chi connectivity index (χ3n) is 4.87. The molecule has 2 aromatic rings. The highest BCUT2D eigenvalue weighted by atomic mass is 35.5. The van der Waals surface area contributed by atoms with E-state index in [4.69, 9.17) is 16.3 Å². The van der Waals surface area contributed by atoms with Crippen LogP contribution < -0.4 is 10.9 Å². The summed E-state index contributed by atoms with van der Waals surface area (Å²) in [6, 6.07) is 5.39. The Morgan fingerprint density at radius 1 is 1.44 bits per heavy atom. The molecule has 2 atom stereocenters. The van der Waals surface area contributed by atoms with E-state index < -0.39 is 0 Å². The first-order chi connectivity index (χ1) is 13.0. The van der Waals surface area contributed by atoms with Crippen molar-refractivity contribution in [3.8, 4) is 0 Å². The molecule has 1 amide bonds. The molecule has 2 heterocycles. The predicted molar refractivity (Wildman–Crippen MR) is 106 cm³/mol. The second-order valence-electron chi connectivity index (χ2n) is 7.15. The number of benzene rings is 1. The summed E-state index contributed by atoms with van der Waals surface area (Å²) in [6.45, 7) is 3.01. The zero-order chi connectivity index (χ0) is 19.0.